The lowest BCUT2D eigenvalue weighted by Gasteiger charge is -2.23. The lowest BCUT2D eigenvalue weighted by molar-refractivity contribution is 0.565. The summed E-state index contributed by atoms with van der Waals surface area (Å²) in [6, 6.07) is 24.9. The molecule has 0 saturated carbocycles. The zero-order valence-corrected chi connectivity index (χ0v) is 21.1. The fraction of sp³-hybridized carbons (Fsp3) is 0.0769. The van der Waals surface area contributed by atoms with E-state index in [0.717, 1.165) is 20.9 Å². The van der Waals surface area contributed by atoms with Gasteiger partial charge in [0.2, 0.25) is 10.0 Å². The highest BCUT2D eigenvalue weighted by molar-refractivity contribution is 7.99. The Kier molecular flexibility index (Phi) is 6.62. The van der Waals surface area contributed by atoms with Gasteiger partial charge in [-0.1, -0.05) is 53.7 Å². The van der Waals surface area contributed by atoms with Gasteiger partial charge in [0.05, 0.1) is 22.8 Å². The number of fused-ring (bicyclic) bond motifs is 1. The van der Waals surface area contributed by atoms with Crippen molar-refractivity contribution < 1.29 is 8.42 Å². The third-order valence-corrected chi connectivity index (χ3v) is 8.32. The van der Waals surface area contributed by atoms with Crippen molar-refractivity contribution in [2.45, 2.75) is 27.7 Å². The average molecular weight is 521 g/mol. The zero-order valence-electron chi connectivity index (χ0n) is 18.7. The van der Waals surface area contributed by atoms with Gasteiger partial charge >= 0.3 is 0 Å². The van der Waals surface area contributed by atoms with Gasteiger partial charge in [0.1, 0.15) is 0 Å². The predicted octanol–water partition coefficient (Wildman–Crippen LogP) is 5.91. The van der Waals surface area contributed by atoms with Crippen LogP contribution < -0.4 is 4.72 Å². The Morgan fingerprint density at radius 1 is 0.943 bits per heavy atom. The summed E-state index contributed by atoms with van der Waals surface area (Å²) in [4.78, 5) is 6.58. The smallest absolute Gasteiger partial charge is 0.235 e. The quantitative estimate of drug-likeness (QED) is 0.288. The van der Waals surface area contributed by atoms with Crippen LogP contribution in [0.25, 0.3) is 5.65 Å². The number of benzene rings is 3. The van der Waals surface area contributed by atoms with Crippen molar-refractivity contribution >= 4 is 39.0 Å². The number of aryl methyl sites for hydroxylation is 1. The molecule has 5 aromatic rings. The number of nitrogens with zero attached hydrogens (tertiary/aromatic N) is 3. The van der Waals surface area contributed by atoms with Gasteiger partial charge in [-0.25, -0.2) is 17.9 Å². The van der Waals surface area contributed by atoms with Gasteiger partial charge in [-0.15, -0.1) is 0 Å². The maximum atomic E-state index is 13.5. The molecule has 1 unspecified atom stereocenters. The third-order valence-electron chi connectivity index (χ3n) is 5.54. The molecule has 35 heavy (non-hydrogen) atoms. The van der Waals surface area contributed by atoms with Crippen molar-refractivity contribution in [2.24, 2.45) is 0 Å². The maximum Gasteiger partial charge on any atom is 0.241 e. The van der Waals surface area contributed by atoms with Gasteiger partial charge in [0.25, 0.3) is 0 Å². The summed E-state index contributed by atoms with van der Waals surface area (Å²) < 4.78 is 31.6. The molecule has 176 valence electrons. The molecule has 0 aliphatic heterocycles. The average Bonchev–Trinajstić information content (AvgIpc) is 3.28. The van der Waals surface area contributed by atoms with Crippen LogP contribution in [0.1, 0.15) is 22.9 Å². The first-order chi connectivity index (χ1) is 16.9. The molecule has 1 atom stereocenters. The molecular weight excluding hydrogens is 500 g/mol. The van der Waals surface area contributed by atoms with Crippen molar-refractivity contribution in [2.75, 3.05) is 0 Å². The van der Waals surface area contributed by atoms with E-state index >= 15 is 0 Å². The largest absolute Gasteiger partial charge is 0.241 e. The fourth-order valence-corrected chi connectivity index (χ4v) is 6.26. The van der Waals surface area contributed by atoms with Crippen molar-refractivity contribution in [3.8, 4) is 0 Å². The molecule has 2 heterocycles. The number of hydrogen-bond acceptors (Lipinski definition) is 5. The van der Waals surface area contributed by atoms with Crippen LogP contribution in [0.5, 0.6) is 0 Å². The van der Waals surface area contributed by atoms with E-state index in [9.17, 15) is 8.42 Å². The van der Waals surface area contributed by atoms with E-state index in [4.69, 9.17) is 11.6 Å². The van der Waals surface area contributed by atoms with Crippen molar-refractivity contribution in [3.63, 3.8) is 0 Å². The first kappa shape index (κ1) is 23.6. The van der Waals surface area contributed by atoms with Crippen LogP contribution in [0.4, 0.5) is 0 Å². The monoisotopic (exact) mass is 520 g/mol. The molecular formula is C26H21ClN4O2S2. The highest BCUT2D eigenvalue weighted by Crippen LogP contribution is 2.38. The predicted molar refractivity (Wildman–Crippen MR) is 138 cm³/mol. The Labute approximate surface area is 213 Å². The zero-order chi connectivity index (χ0) is 24.4. The van der Waals surface area contributed by atoms with Gasteiger partial charge in [-0.05, 0) is 72.6 Å². The van der Waals surface area contributed by atoms with E-state index in [1.165, 1.54) is 12.1 Å². The first-order valence-electron chi connectivity index (χ1n) is 10.8. The Hall–Kier alpha value is -3.17. The molecule has 0 aliphatic carbocycles. The number of sulfonamides is 1. The van der Waals surface area contributed by atoms with E-state index in [0.29, 0.717) is 16.4 Å². The molecule has 0 bridgehead atoms. The summed E-state index contributed by atoms with van der Waals surface area (Å²) in [5.74, 6) is 0. The summed E-state index contributed by atoms with van der Waals surface area (Å²) in [5, 5.41) is 4.91. The van der Waals surface area contributed by atoms with Crippen LogP contribution in [0.2, 0.25) is 5.02 Å². The minimum atomic E-state index is -3.91. The summed E-state index contributed by atoms with van der Waals surface area (Å²) in [6.45, 7) is 1.98. The van der Waals surface area contributed by atoms with Crippen LogP contribution in [0.15, 0.2) is 112 Å². The van der Waals surface area contributed by atoms with Gasteiger partial charge < -0.3 is 0 Å². The molecule has 0 aliphatic rings. The van der Waals surface area contributed by atoms with Crippen LogP contribution in [0, 0.1) is 6.92 Å². The molecule has 3 aromatic carbocycles. The number of halogens is 1. The first-order valence-corrected chi connectivity index (χ1v) is 13.5. The second kappa shape index (κ2) is 9.83. The molecule has 0 radical (unpaired) electrons. The van der Waals surface area contributed by atoms with E-state index in [2.05, 4.69) is 14.8 Å². The number of nitrogens with one attached hydrogen (secondary N) is 1. The Morgan fingerprint density at radius 2 is 1.71 bits per heavy atom. The van der Waals surface area contributed by atoms with Crippen LogP contribution in [0.3, 0.4) is 0 Å². The van der Waals surface area contributed by atoms with E-state index in [1.807, 2.05) is 61.5 Å². The topological polar surface area (TPSA) is 76.4 Å². The number of rotatable bonds is 7. The van der Waals surface area contributed by atoms with Crippen molar-refractivity contribution in [1.29, 1.82) is 0 Å². The Bertz CT molecular complexity index is 1590. The summed E-state index contributed by atoms with van der Waals surface area (Å²) >= 11 is 7.57. The SMILES string of the molecule is Cc1cccc(Sc2ccccc2)c1C(NS(=O)(=O)c1ccc(Cl)cc1)c1cnc2cccnn12. The molecule has 9 heteroatoms. The maximum absolute atomic E-state index is 13.5. The van der Waals surface area contributed by atoms with Crippen LogP contribution in [-0.2, 0) is 10.0 Å². The molecule has 6 nitrogen and oxygen atoms in total. The van der Waals surface area contributed by atoms with Crippen molar-refractivity contribution in [1.82, 2.24) is 19.3 Å². The highest BCUT2D eigenvalue weighted by Gasteiger charge is 2.29. The summed E-state index contributed by atoms with van der Waals surface area (Å²) in [6.07, 6.45) is 3.32. The number of imidazole rings is 1. The second-order valence-corrected chi connectivity index (χ2v) is 11.2. The molecule has 0 fully saturated rings. The Morgan fingerprint density at radius 3 is 2.49 bits per heavy atom. The van der Waals surface area contributed by atoms with E-state index in [-0.39, 0.29) is 4.90 Å². The van der Waals surface area contributed by atoms with Gasteiger partial charge in [0.15, 0.2) is 5.65 Å². The molecule has 0 spiro atoms. The second-order valence-electron chi connectivity index (χ2n) is 7.89. The van der Waals surface area contributed by atoms with Crippen LogP contribution in [-0.4, -0.2) is 23.0 Å². The third kappa shape index (κ3) is 4.97. The summed E-state index contributed by atoms with van der Waals surface area (Å²) in [7, 11) is -3.91. The molecule has 5 rings (SSSR count). The number of aromatic nitrogens is 3. The highest BCUT2D eigenvalue weighted by atomic mass is 35.5. The lowest BCUT2D eigenvalue weighted by Crippen LogP contribution is -2.31. The minimum Gasteiger partial charge on any atom is -0.235 e. The molecule has 0 amide bonds. The van der Waals surface area contributed by atoms with E-state index < -0.39 is 16.1 Å². The van der Waals surface area contributed by atoms with Gasteiger partial charge in [-0.3, -0.25) is 0 Å². The minimum absolute atomic E-state index is 0.125. The van der Waals surface area contributed by atoms with Crippen molar-refractivity contribution in [3.05, 3.63) is 119 Å². The van der Waals surface area contributed by atoms with E-state index in [1.54, 1.807) is 46.9 Å². The van der Waals surface area contributed by atoms with Gasteiger partial charge in [-0.2, -0.15) is 9.82 Å². The van der Waals surface area contributed by atoms with Crippen LogP contribution >= 0.6 is 23.4 Å². The number of hydrogen-bond donors (Lipinski definition) is 1. The fourth-order valence-electron chi connectivity index (χ4n) is 3.88. The molecule has 2 aromatic heterocycles. The normalized spacial score (nSPS) is 12.6. The Balaban J connectivity index is 1.67. The molecule has 0 saturated heterocycles. The standard InChI is InChI=1S/C26H21ClN4O2S2/c1-18-7-5-10-23(34-20-8-3-2-4-9-20)25(18)26(22-17-28-24-11-6-16-29-31(22)24)30-35(32,33)21-14-12-19(27)13-15-21/h2-17,26,30H,1H3. The lowest BCUT2D eigenvalue weighted by atomic mass is 10.00. The molecule has 1 N–H and O–H groups in total. The van der Waals surface area contributed by atoms with Gasteiger partial charge in [0, 0.05) is 21.0 Å². The summed E-state index contributed by atoms with van der Waals surface area (Å²) in [5.41, 5.74) is 3.03.